The van der Waals surface area contributed by atoms with Crippen LogP contribution < -0.4 is 10.9 Å². The second kappa shape index (κ2) is 7.47. The topological polar surface area (TPSA) is 94.7 Å². The smallest absolute Gasteiger partial charge is 0.284 e. The lowest BCUT2D eigenvalue weighted by Gasteiger charge is -2.08. The van der Waals surface area contributed by atoms with Crippen molar-refractivity contribution in [2.75, 3.05) is 5.32 Å². The lowest BCUT2D eigenvalue weighted by atomic mass is 10.1. The standard InChI is InChI=1S/C20H16F2N6O2/c1-11-3-5-14(7-12(11)2)28-19-18(25-26-28)20(30)27(10-23-19)9-17(29)24-16-6-4-13(21)8-15(16)22/h3-8,10H,9H2,1-2H3,(H,24,29). The molecule has 0 atom stereocenters. The maximum absolute atomic E-state index is 13.7. The molecule has 1 amide bonds. The number of carbonyl (C=O) groups excluding carboxylic acids is 1. The van der Waals surface area contributed by atoms with Crippen molar-refractivity contribution in [2.45, 2.75) is 20.4 Å². The summed E-state index contributed by atoms with van der Waals surface area (Å²) in [6.07, 6.45) is 1.20. The zero-order valence-corrected chi connectivity index (χ0v) is 16.1. The highest BCUT2D eigenvalue weighted by atomic mass is 19.1. The molecule has 0 radical (unpaired) electrons. The van der Waals surface area contributed by atoms with Crippen LogP contribution in [0.3, 0.4) is 0 Å². The summed E-state index contributed by atoms with van der Waals surface area (Å²) in [6.45, 7) is 3.52. The molecule has 0 aliphatic carbocycles. The van der Waals surface area contributed by atoms with Gasteiger partial charge in [0.1, 0.15) is 24.5 Å². The van der Waals surface area contributed by atoms with Gasteiger partial charge in [-0.1, -0.05) is 11.3 Å². The molecule has 0 saturated carbocycles. The van der Waals surface area contributed by atoms with E-state index < -0.39 is 29.6 Å². The van der Waals surface area contributed by atoms with E-state index in [2.05, 4.69) is 20.6 Å². The zero-order chi connectivity index (χ0) is 21.4. The number of aryl methyl sites for hydroxylation is 2. The molecule has 10 heteroatoms. The molecule has 2 aromatic carbocycles. The second-order valence-electron chi connectivity index (χ2n) is 6.79. The summed E-state index contributed by atoms with van der Waals surface area (Å²) in [5.41, 5.74) is 2.36. The van der Waals surface area contributed by atoms with Gasteiger partial charge in [-0.25, -0.2) is 13.8 Å². The third-order valence-corrected chi connectivity index (χ3v) is 4.68. The molecule has 4 rings (SSSR count). The largest absolute Gasteiger partial charge is 0.322 e. The fourth-order valence-electron chi connectivity index (χ4n) is 2.92. The van der Waals surface area contributed by atoms with E-state index in [0.717, 1.165) is 27.8 Å². The van der Waals surface area contributed by atoms with E-state index in [1.807, 2.05) is 32.0 Å². The summed E-state index contributed by atoms with van der Waals surface area (Å²) >= 11 is 0. The molecule has 0 fully saturated rings. The normalized spacial score (nSPS) is 11.1. The van der Waals surface area contributed by atoms with E-state index in [9.17, 15) is 18.4 Å². The van der Waals surface area contributed by atoms with Gasteiger partial charge in [0.15, 0.2) is 11.2 Å². The third-order valence-electron chi connectivity index (χ3n) is 4.68. The van der Waals surface area contributed by atoms with Crippen LogP contribution in [-0.4, -0.2) is 30.5 Å². The number of fused-ring (bicyclic) bond motifs is 1. The van der Waals surface area contributed by atoms with E-state index in [1.54, 1.807) is 0 Å². The Balaban J connectivity index is 1.62. The Bertz CT molecular complexity index is 1350. The molecule has 152 valence electrons. The number of anilines is 1. The highest BCUT2D eigenvalue weighted by Gasteiger charge is 2.16. The van der Waals surface area contributed by atoms with Crippen LogP contribution in [-0.2, 0) is 11.3 Å². The van der Waals surface area contributed by atoms with Crippen LogP contribution in [0.2, 0.25) is 0 Å². The Hall–Kier alpha value is -3.95. The van der Waals surface area contributed by atoms with Gasteiger partial charge in [0, 0.05) is 6.07 Å². The number of benzene rings is 2. The number of nitrogens with zero attached hydrogens (tertiary/aromatic N) is 5. The number of rotatable bonds is 4. The van der Waals surface area contributed by atoms with Crippen LogP contribution in [0, 0.1) is 25.5 Å². The predicted octanol–water partition coefficient (Wildman–Crippen LogP) is 2.51. The molecular formula is C20H16F2N6O2. The van der Waals surface area contributed by atoms with Crippen molar-refractivity contribution < 1.29 is 13.6 Å². The summed E-state index contributed by atoms with van der Waals surface area (Å²) in [7, 11) is 0. The predicted molar refractivity (Wildman–Crippen MR) is 105 cm³/mol. The molecule has 0 aliphatic heterocycles. The van der Waals surface area contributed by atoms with Gasteiger partial charge < -0.3 is 5.32 Å². The first-order chi connectivity index (χ1) is 14.3. The van der Waals surface area contributed by atoms with Crippen LogP contribution in [0.15, 0.2) is 47.5 Å². The lowest BCUT2D eigenvalue weighted by molar-refractivity contribution is -0.116. The third kappa shape index (κ3) is 3.54. The molecule has 0 spiro atoms. The van der Waals surface area contributed by atoms with Gasteiger partial charge in [0.25, 0.3) is 5.56 Å². The molecular weight excluding hydrogens is 394 g/mol. The van der Waals surface area contributed by atoms with Crippen LogP contribution in [0.5, 0.6) is 0 Å². The molecule has 30 heavy (non-hydrogen) atoms. The average Bonchev–Trinajstić information content (AvgIpc) is 3.13. The van der Waals surface area contributed by atoms with Crippen molar-refractivity contribution in [1.82, 2.24) is 24.5 Å². The van der Waals surface area contributed by atoms with Crippen LogP contribution in [0.4, 0.5) is 14.5 Å². The highest BCUT2D eigenvalue weighted by molar-refractivity contribution is 5.90. The summed E-state index contributed by atoms with van der Waals surface area (Å²) < 4.78 is 29.2. The molecule has 1 N–H and O–H groups in total. The fourth-order valence-corrected chi connectivity index (χ4v) is 2.92. The van der Waals surface area contributed by atoms with Gasteiger partial charge in [0.05, 0.1) is 11.4 Å². The Morgan fingerprint density at radius 2 is 1.90 bits per heavy atom. The second-order valence-corrected chi connectivity index (χ2v) is 6.79. The zero-order valence-electron chi connectivity index (χ0n) is 16.1. The molecule has 2 aromatic heterocycles. The molecule has 8 nitrogen and oxygen atoms in total. The monoisotopic (exact) mass is 410 g/mol. The van der Waals surface area contributed by atoms with E-state index >= 15 is 0 Å². The fraction of sp³-hybridized carbons (Fsp3) is 0.150. The summed E-state index contributed by atoms with van der Waals surface area (Å²) in [6, 6.07) is 8.44. The first-order valence-electron chi connectivity index (χ1n) is 8.97. The minimum absolute atomic E-state index is 0.00325. The van der Waals surface area contributed by atoms with Crippen LogP contribution in [0.25, 0.3) is 16.9 Å². The Kier molecular flexibility index (Phi) is 4.82. The van der Waals surface area contributed by atoms with Gasteiger partial charge in [0.2, 0.25) is 5.91 Å². The lowest BCUT2D eigenvalue weighted by Crippen LogP contribution is -2.28. The van der Waals surface area contributed by atoms with Crippen LogP contribution in [0.1, 0.15) is 11.1 Å². The average molecular weight is 410 g/mol. The van der Waals surface area contributed by atoms with Crippen molar-refractivity contribution in [3.8, 4) is 5.69 Å². The molecule has 0 aliphatic rings. The van der Waals surface area contributed by atoms with Crippen molar-refractivity contribution in [2.24, 2.45) is 0 Å². The quantitative estimate of drug-likeness (QED) is 0.558. The molecule has 0 saturated heterocycles. The summed E-state index contributed by atoms with van der Waals surface area (Å²) in [5.74, 6) is -2.35. The van der Waals surface area contributed by atoms with Gasteiger partial charge in [-0.15, -0.1) is 5.10 Å². The van der Waals surface area contributed by atoms with Gasteiger partial charge in [-0.2, -0.15) is 4.68 Å². The molecule has 4 aromatic rings. The Labute approximate surface area is 168 Å². The van der Waals surface area contributed by atoms with E-state index in [1.165, 1.54) is 11.0 Å². The van der Waals surface area contributed by atoms with E-state index in [0.29, 0.717) is 11.8 Å². The molecule has 0 unspecified atom stereocenters. The maximum Gasteiger partial charge on any atom is 0.284 e. The van der Waals surface area contributed by atoms with Gasteiger partial charge in [-0.05, 0) is 49.2 Å². The van der Waals surface area contributed by atoms with Crippen molar-refractivity contribution in [3.63, 3.8) is 0 Å². The number of halogens is 2. The first kappa shape index (κ1) is 19.4. The molecule has 0 bridgehead atoms. The minimum atomic E-state index is -0.916. The Morgan fingerprint density at radius 3 is 2.63 bits per heavy atom. The number of nitrogens with one attached hydrogen (secondary N) is 1. The van der Waals surface area contributed by atoms with Crippen molar-refractivity contribution in [3.05, 3.63) is 75.8 Å². The number of amides is 1. The van der Waals surface area contributed by atoms with Gasteiger partial charge in [-0.3, -0.25) is 14.2 Å². The number of hydrogen-bond acceptors (Lipinski definition) is 5. The number of carbonyl (C=O) groups is 1. The summed E-state index contributed by atoms with van der Waals surface area (Å²) in [4.78, 5) is 29.1. The van der Waals surface area contributed by atoms with Crippen molar-refractivity contribution in [1.29, 1.82) is 0 Å². The minimum Gasteiger partial charge on any atom is -0.322 e. The summed E-state index contributed by atoms with van der Waals surface area (Å²) in [5, 5.41) is 10.2. The highest BCUT2D eigenvalue weighted by Crippen LogP contribution is 2.17. The van der Waals surface area contributed by atoms with Crippen LogP contribution >= 0.6 is 0 Å². The Morgan fingerprint density at radius 1 is 1.10 bits per heavy atom. The SMILES string of the molecule is Cc1ccc(-n2nnc3c(=O)n(CC(=O)Nc4ccc(F)cc4F)cnc32)cc1C. The maximum atomic E-state index is 13.7. The molecule has 2 heterocycles. The van der Waals surface area contributed by atoms with E-state index in [4.69, 9.17) is 0 Å². The number of aromatic nitrogens is 5. The van der Waals surface area contributed by atoms with Crippen molar-refractivity contribution >= 4 is 22.8 Å². The first-order valence-corrected chi connectivity index (χ1v) is 8.97. The number of hydrogen-bond donors (Lipinski definition) is 1. The van der Waals surface area contributed by atoms with Gasteiger partial charge >= 0.3 is 0 Å². The van der Waals surface area contributed by atoms with E-state index in [-0.39, 0.29) is 16.9 Å².